The molecule has 1 atom stereocenters. The first-order chi connectivity index (χ1) is 14.2. The van der Waals surface area contributed by atoms with Crippen molar-refractivity contribution >= 4 is 28.6 Å². The fourth-order valence-electron chi connectivity index (χ4n) is 3.61. The number of ether oxygens (including phenoxy) is 1. The third kappa shape index (κ3) is 4.88. The topological polar surface area (TPSA) is 55.3 Å². The van der Waals surface area contributed by atoms with E-state index in [0.29, 0.717) is 24.2 Å². The predicted octanol–water partition coefficient (Wildman–Crippen LogP) is 4.70. The highest BCUT2D eigenvalue weighted by Crippen LogP contribution is 2.27. The standard InChI is InChI=1S/C23H25N3O2S/c1-17-9-7-8-14-26(17)22(27)16-29-23-19-12-5-6-13-20(19)24-21(25-23)15-28-18-10-3-2-4-11-18/h2-6,10-13,17H,7-9,14-16H2,1H3. The van der Waals surface area contributed by atoms with Gasteiger partial charge in [-0.25, -0.2) is 9.97 Å². The van der Waals surface area contributed by atoms with Crippen molar-refractivity contribution in [2.45, 2.75) is 43.9 Å². The molecule has 1 saturated heterocycles. The monoisotopic (exact) mass is 407 g/mol. The Bertz CT molecular complexity index is 980. The molecule has 1 amide bonds. The summed E-state index contributed by atoms with van der Waals surface area (Å²) in [7, 11) is 0. The SMILES string of the molecule is CC1CCCCN1C(=O)CSc1nc(COc2ccccc2)nc2ccccc12. The summed E-state index contributed by atoms with van der Waals surface area (Å²) in [5, 5.41) is 1.81. The van der Waals surface area contributed by atoms with E-state index in [1.165, 1.54) is 18.2 Å². The van der Waals surface area contributed by atoms with Crippen LogP contribution in [-0.4, -0.2) is 39.1 Å². The Morgan fingerprint density at radius 3 is 2.72 bits per heavy atom. The highest BCUT2D eigenvalue weighted by atomic mass is 32.2. The van der Waals surface area contributed by atoms with E-state index in [0.717, 1.165) is 41.1 Å². The van der Waals surface area contributed by atoms with Gasteiger partial charge in [-0.1, -0.05) is 48.2 Å². The van der Waals surface area contributed by atoms with Crippen LogP contribution < -0.4 is 4.74 Å². The Balaban J connectivity index is 1.50. The zero-order chi connectivity index (χ0) is 20.1. The molecule has 0 spiro atoms. The van der Waals surface area contributed by atoms with Crippen molar-refractivity contribution in [1.29, 1.82) is 0 Å². The average molecular weight is 408 g/mol. The van der Waals surface area contributed by atoms with Gasteiger partial charge < -0.3 is 9.64 Å². The van der Waals surface area contributed by atoms with Crippen molar-refractivity contribution in [2.24, 2.45) is 0 Å². The van der Waals surface area contributed by atoms with E-state index < -0.39 is 0 Å². The second-order valence-electron chi connectivity index (χ2n) is 7.28. The van der Waals surface area contributed by atoms with Crippen molar-refractivity contribution in [2.75, 3.05) is 12.3 Å². The molecule has 2 heterocycles. The van der Waals surface area contributed by atoms with Crippen LogP contribution in [0.2, 0.25) is 0 Å². The highest BCUT2D eigenvalue weighted by molar-refractivity contribution is 8.00. The van der Waals surface area contributed by atoms with Gasteiger partial charge in [0.2, 0.25) is 5.91 Å². The molecule has 29 heavy (non-hydrogen) atoms. The first-order valence-electron chi connectivity index (χ1n) is 10.1. The van der Waals surface area contributed by atoms with Gasteiger partial charge in [0.1, 0.15) is 17.4 Å². The van der Waals surface area contributed by atoms with Crippen molar-refractivity contribution in [1.82, 2.24) is 14.9 Å². The van der Waals surface area contributed by atoms with E-state index in [1.54, 1.807) is 0 Å². The number of fused-ring (bicyclic) bond motifs is 1. The number of aromatic nitrogens is 2. The first kappa shape index (κ1) is 19.7. The second kappa shape index (κ2) is 9.27. The summed E-state index contributed by atoms with van der Waals surface area (Å²) in [6.07, 6.45) is 3.39. The van der Waals surface area contributed by atoms with Crippen LogP contribution in [0.25, 0.3) is 10.9 Å². The molecule has 3 aromatic rings. The molecule has 1 aliphatic heterocycles. The van der Waals surface area contributed by atoms with Gasteiger partial charge in [-0.05, 0) is 44.4 Å². The number of nitrogens with zero attached hydrogens (tertiary/aromatic N) is 3. The number of thioether (sulfide) groups is 1. The lowest BCUT2D eigenvalue weighted by atomic mass is 10.0. The van der Waals surface area contributed by atoms with Gasteiger partial charge >= 0.3 is 0 Å². The fourth-order valence-corrected chi connectivity index (χ4v) is 4.54. The van der Waals surface area contributed by atoms with Gasteiger partial charge in [0.15, 0.2) is 5.82 Å². The smallest absolute Gasteiger partial charge is 0.233 e. The minimum Gasteiger partial charge on any atom is -0.486 e. The van der Waals surface area contributed by atoms with Crippen molar-refractivity contribution in [3.8, 4) is 5.75 Å². The molecule has 0 saturated carbocycles. The van der Waals surface area contributed by atoms with Gasteiger partial charge in [-0.3, -0.25) is 4.79 Å². The minimum atomic E-state index is 0.187. The molecular weight excluding hydrogens is 382 g/mol. The number of likely N-dealkylation sites (tertiary alicyclic amines) is 1. The quantitative estimate of drug-likeness (QED) is 0.438. The van der Waals surface area contributed by atoms with Crippen LogP contribution in [0.5, 0.6) is 5.75 Å². The fraction of sp³-hybridized carbons (Fsp3) is 0.348. The third-order valence-electron chi connectivity index (χ3n) is 5.18. The maximum absolute atomic E-state index is 12.8. The highest BCUT2D eigenvalue weighted by Gasteiger charge is 2.23. The van der Waals surface area contributed by atoms with E-state index >= 15 is 0 Å². The molecule has 1 aliphatic rings. The average Bonchev–Trinajstić information content (AvgIpc) is 2.77. The molecule has 4 rings (SSSR count). The molecule has 0 N–H and O–H groups in total. The number of benzene rings is 2. The molecular formula is C23H25N3O2S. The van der Waals surface area contributed by atoms with Crippen LogP contribution in [0.15, 0.2) is 59.6 Å². The molecule has 0 radical (unpaired) electrons. The maximum Gasteiger partial charge on any atom is 0.233 e. The van der Waals surface area contributed by atoms with Gasteiger partial charge in [0.05, 0.1) is 11.3 Å². The van der Waals surface area contributed by atoms with Crippen LogP contribution >= 0.6 is 11.8 Å². The Morgan fingerprint density at radius 2 is 1.90 bits per heavy atom. The van der Waals surface area contributed by atoms with Crippen LogP contribution in [-0.2, 0) is 11.4 Å². The normalized spacial score (nSPS) is 16.7. The number of piperidine rings is 1. The minimum absolute atomic E-state index is 0.187. The predicted molar refractivity (Wildman–Crippen MR) is 116 cm³/mol. The maximum atomic E-state index is 12.8. The van der Waals surface area contributed by atoms with Crippen molar-refractivity contribution < 1.29 is 9.53 Å². The summed E-state index contributed by atoms with van der Waals surface area (Å²) in [6.45, 7) is 3.29. The lowest BCUT2D eigenvalue weighted by Gasteiger charge is -2.33. The summed E-state index contributed by atoms with van der Waals surface area (Å²) < 4.78 is 5.82. The number of amides is 1. The Morgan fingerprint density at radius 1 is 1.10 bits per heavy atom. The number of carbonyl (C=O) groups is 1. The molecule has 2 aromatic carbocycles. The lowest BCUT2D eigenvalue weighted by Crippen LogP contribution is -2.42. The number of carbonyl (C=O) groups excluding carboxylic acids is 1. The van der Waals surface area contributed by atoms with Crippen molar-refractivity contribution in [3.63, 3.8) is 0 Å². The molecule has 150 valence electrons. The number of para-hydroxylation sites is 2. The molecule has 1 fully saturated rings. The van der Waals surface area contributed by atoms with Gasteiger partial charge in [-0.15, -0.1) is 0 Å². The van der Waals surface area contributed by atoms with Crippen LogP contribution in [0.1, 0.15) is 32.0 Å². The molecule has 0 bridgehead atoms. The Kier molecular flexibility index (Phi) is 6.30. The summed E-state index contributed by atoms with van der Waals surface area (Å²) in [4.78, 5) is 24.1. The van der Waals surface area contributed by atoms with Gasteiger partial charge in [-0.2, -0.15) is 0 Å². The van der Waals surface area contributed by atoms with Crippen molar-refractivity contribution in [3.05, 3.63) is 60.4 Å². The molecule has 6 heteroatoms. The van der Waals surface area contributed by atoms with Crippen LogP contribution in [0, 0.1) is 0 Å². The summed E-state index contributed by atoms with van der Waals surface area (Å²) in [6, 6.07) is 17.9. The third-order valence-corrected chi connectivity index (χ3v) is 6.16. The number of hydrogen-bond donors (Lipinski definition) is 0. The van der Waals surface area contributed by atoms with Gasteiger partial charge in [0, 0.05) is 18.0 Å². The number of rotatable bonds is 6. The molecule has 1 aromatic heterocycles. The lowest BCUT2D eigenvalue weighted by molar-refractivity contribution is -0.131. The van der Waals surface area contributed by atoms with E-state index in [2.05, 4.69) is 11.9 Å². The molecule has 5 nitrogen and oxygen atoms in total. The molecule has 1 unspecified atom stereocenters. The van der Waals surface area contributed by atoms with Crippen LogP contribution in [0.4, 0.5) is 0 Å². The zero-order valence-corrected chi connectivity index (χ0v) is 17.4. The van der Waals surface area contributed by atoms with E-state index in [9.17, 15) is 4.79 Å². The summed E-state index contributed by atoms with van der Waals surface area (Å²) in [5.74, 6) is 1.98. The van der Waals surface area contributed by atoms with Gasteiger partial charge in [0.25, 0.3) is 0 Å². The second-order valence-corrected chi connectivity index (χ2v) is 8.25. The molecule has 0 aliphatic carbocycles. The Hall–Kier alpha value is -2.60. The zero-order valence-electron chi connectivity index (χ0n) is 16.6. The van der Waals surface area contributed by atoms with E-state index in [4.69, 9.17) is 9.72 Å². The largest absolute Gasteiger partial charge is 0.486 e. The van der Waals surface area contributed by atoms with Crippen LogP contribution in [0.3, 0.4) is 0 Å². The van der Waals surface area contributed by atoms with E-state index in [1.807, 2.05) is 59.5 Å². The Labute approximate surface area is 175 Å². The summed E-state index contributed by atoms with van der Waals surface area (Å²) in [5.41, 5.74) is 0.871. The number of hydrogen-bond acceptors (Lipinski definition) is 5. The summed E-state index contributed by atoms with van der Waals surface area (Å²) >= 11 is 1.49. The van der Waals surface area contributed by atoms with E-state index in [-0.39, 0.29) is 5.91 Å². The first-order valence-corrected chi connectivity index (χ1v) is 11.0.